The summed E-state index contributed by atoms with van der Waals surface area (Å²) < 4.78 is 4.83. The fourth-order valence-electron chi connectivity index (χ4n) is 1.47. The Morgan fingerprint density at radius 3 is 2.40 bits per heavy atom. The van der Waals surface area contributed by atoms with Crippen molar-refractivity contribution in [1.29, 1.82) is 0 Å². The molecule has 106 valence electrons. The Bertz CT molecular complexity index is 521. The van der Waals surface area contributed by atoms with E-state index in [0.29, 0.717) is 5.75 Å². The predicted molar refractivity (Wildman–Crippen MR) is 71.5 cm³/mol. The summed E-state index contributed by atoms with van der Waals surface area (Å²) in [7, 11) is 0. The minimum atomic E-state index is -1.13. The van der Waals surface area contributed by atoms with Gasteiger partial charge in [0.05, 0.1) is 0 Å². The maximum atomic E-state index is 11.9. The molecule has 0 bridgehead atoms. The number of carboxylic acid groups (broad SMARTS) is 1. The van der Waals surface area contributed by atoms with Crippen molar-refractivity contribution in [2.75, 3.05) is 0 Å². The molecule has 0 saturated carbocycles. The zero-order valence-corrected chi connectivity index (χ0v) is 11.0. The molecule has 1 amide bonds. The predicted octanol–water partition coefficient (Wildman–Crippen LogP) is 1.37. The van der Waals surface area contributed by atoms with Gasteiger partial charge in [0.1, 0.15) is 11.8 Å². The van der Waals surface area contributed by atoms with Gasteiger partial charge in [-0.05, 0) is 30.7 Å². The van der Waals surface area contributed by atoms with Crippen LogP contribution in [0.4, 0.5) is 0 Å². The van der Waals surface area contributed by atoms with E-state index in [1.807, 2.05) is 0 Å². The number of amides is 1. The van der Waals surface area contributed by atoms with Gasteiger partial charge in [-0.1, -0.05) is 6.08 Å². The molecule has 1 aromatic rings. The molecule has 0 aliphatic rings. The second-order valence-electron chi connectivity index (χ2n) is 4.01. The molecule has 0 radical (unpaired) electrons. The Balaban J connectivity index is 2.74. The number of carbonyl (C=O) groups excluding carboxylic acids is 2. The van der Waals surface area contributed by atoms with Crippen LogP contribution < -0.4 is 10.1 Å². The van der Waals surface area contributed by atoms with Crippen LogP contribution >= 0.6 is 0 Å². The van der Waals surface area contributed by atoms with Gasteiger partial charge in [-0.3, -0.25) is 9.59 Å². The third-order valence-electron chi connectivity index (χ3n) is 2.38. The number of aliphatic carboxylic acids is 1. The maximum Gasteiger partial charge on any atom is 0.326 e. The summed E-state index contributed by atoms with van der Waals surface area (Å²) in [6.07, 6.45) is 1.55. The second-order valence-corrected chi connectivity index (χ2v) is 4.01. The monoisotopic (exact) mass is 277 g/mol. The molecule has 0 spiro atoms. The first kappa shape index (κ1) is 15.4. The van der Waals surface area contributed by atoms with Crippen LogP contribution in [0.15, 0.2) is 36.9 Å². The molecule has 1 atom stereocenters. The van der Waals surface area contributed by atoms with Crippen molar-refractivity contribution in [3.05, 3.63) is 42.5 Å². The molecule has 0 saturated heterocycles. The molecule has 0 aliphatic carbocycles. The van der Waals surface area contributed by atoms with Crippen LogP contribution in [0, 0.1) is 0 Å². The molecular weight excluding hydrogens is 262 g/mol. The summed E-state index contributed by atoms with van der Waals surface area (Å²) in [5.74, 6) is -1.79. The molecule has 2 N–H and O–H groups in total. The fourth-order valence-corrected chi connectivity index (χ4v) is 1.47. The highest BCUT2D eigenvalue weighted by Crippen LogP contribution is 2.12. The SMILES string of the molecule is C=CC[C@@H](NC(=O)c1ccc(OC(C)=O)cc1)C(=O)O. The summed E-state index contributed by atoms with van der Waals surface area (Å²) in [4.78, 5) is 33.5. The molecule has 20 heavy (non-hydrogen) atoms. The number of ether oxygens (including phenoxy) is 1. The largest absolute Gasteiger partial charge is 0.480 e. The average Bonchev–Trinajstić information content (AvgIpc) is 2.38. The van der Waals surface area contributed by atoms with E-state index in [1.165, 1.54) is 37.3 Å². The van der Waals surface area contributed by atoms with Gasteiger partial charge in [-0.25, -0.2) is 4.79 Å². The molecule has 0 fully saturated rings. The Morgan fingerprint density at radius 1 is 1.35 bits per heavy atom. The highest BCUT2D eigenvalue weighted by molar-refractivity contribution is 5.96. The lowest BCUT2D eigenvalue weighted by Gasteiger charge is -2.12. The van der Waals surface area contributed by atoms with Crippen LogP contribution in [-0.4, -0.2) is 29.0 Å². The van der Waals surface area contributed by atoms with Gasteiger partial charge in [0.25, 0.3) is 5.91 Å². The van der Waals surface area contributed by atoms with Gasteiger partial charge in [0, 0.05) is 12.5 Å². The van der Waals surface area contributed by atoms with Crippen LogP contribution in [0.25, 0.3) is 0 Å². The first-order valence-electron chi connectivity index (χ1n) is 5.87. The Morgan fingerprint density at radius 2 is 1.95 bits per heavy atom. The maximum absolute atomic E-state index is 11.9. The number of rotatable bonds is 6. The molecule has 6 heteroatoms. The topological polar surface area (TPSA) is 92.7 Å². The van der Waals surface area contributed by atoms with Crippen LogP contribution in [0.3, 0.4) is 0 Å². The molecule has 0 unspecified atom stereocenters. The lowest BCUT2D eigenvalue weighted by atomic mass is 10.1. The first-order valence-corrected chi connectivity index (χ1v) is 5.87. The van der Waals surface area contributed by atoms with Gasteiger partial charge in [-0.15, -0.1) is 6.58 Å². The van der Waals surface area contributed by atoms with E-state index in [4.69, 9.17) is 9.84 Å². The Hall–Kier alpha value is -2.63. The highest BCUT2D eigenvalue weighted by Gasteiger charge is 2.19. The molecule has 0 heterocycles. The first-order chi connectivity index (χ1) is 9.43. The Labute approximate surface area is 116 Å². The number of esters is 1. The minimum absolute atomic E-state index is 0.132. The van der Waals surface area contributed by atoms with Crippen molar-refractivity contribution in [3.8, 4) is 5.75 Å². The second kappa shape index (κ2) is 7.08. The number of hydrogen-bond donors (Lipinski definition) is 2. The number of benzene rings is 1. The van der Waals surface area contributed by atoms with E-state index in [0.717, 1.165) is 0 Å². The summed E-state index contributed by atoms with van der Waals surface area (Å²) in [6, 6.07) is 4.79. The number of carbonyl (C=O) groups is 3. The van der Waals surface area contributed by atoms with Gasteiger partial charge in [0.15, 0.2) is 0 Å². The van der Waals surface area contributed by atoms with Crippen LogP contribution in [-0.2, 0) is 9.59 Å². The van der Waals surface area contributed by atoms with Crippen molar-refractivity contribution in [2.45, 2.75) is 19.4 Å². The van der Waals surface area contributed by atoms with Crippen molar-refractivity contribution in [3.63, 3.8) is 0 Å². The molecule has 0 aromatic heterocycles. The third-order valence-corrected chi connectivity index (χ3v) is 2.38. The lowest BCUT2D eigenvalue weighted by molar-refractivity contribution is -0.139. The zero-order chi connectivity index (χ0) is 15.1. The fraction of sp³-hybridized carbons (Fsp3) is 0.214. The summed E-state index contributed by atoms with van der Waals surface area (Å²) in [6.45, 7) is 4.71. The van der Waals surface area contributed by atoms with Gasteiger partial charge >= 0.3 is 11.9 Å². The van der Waals surface area contributed by atoms with Crippen LogP contribution in [0.1, 0.15) is 23.7 Å². The van der Waals surface area contributed by atoms with E-state index in [1.54, 1.807) is 0 Å². The minimum Gasteiger partial charge on any atom is -0.480 e. The van der Waals surface area contributed by atoms with E-state index < -0.39 is 23.9 Å². The van der Waals surface area contributed by atoms with Crippen molar-refractivity contribution in [1.82, 2.24) is 5.32 Å². The quantitative estimate of drug-likeness (QED) is 0.465. The summed E-state index contributed by atoms with van der Waals surface area (Å²) >= 11 is 0. The van der Waals surface area contributed by atoms with Gasteiger partial charge in [0.2, 0.25) is 0 Å². The molecular formula is C14H15NO5. The molecule has 1 rings (SSSR count). The van der Waals surface area contributed by atoms with Gasteiger partial charge < -0.3 is 15.2 Å². The standard InChI is InChI=1S/C14H15NO5/c1-3-4-12(14(18)19)15-13(17)10-5-7-11(8-6-10)20-9(2)16/h3,5-8,12H,1,4H2,2H3,(H,15,17)(H,18,19)/t12-/m1/s1. The molecule has 1 aromatic carbocycles. The van der Waals surface area contributed by atoms with Crippen molar-refractivity contribution < 1.29 is 24.2 Å². The normalized spacial score (nSPS) is 11.2. The van der Waals surface area contributed by atoms with Crippen LogP contribution in [0.5, 0.6) is 5.75 Å². The number of carboxylic acids is 1. The van der Waals surface area contributed by atoms with E-state index in [2.05, 4.69) is 11.9 Å². The average molecular weight is 277 g/mol. The van der Waals surface area contributed by atoms with Crippen LogP contribution in [0.2, 0.25) is 0 Å². The number of hydrogen-bond acceptors (Lipinski definition) is 4. The lowest BCUT2D eigenvalue weighted by Crippen LogP contribution is -2.40. The van der Waals surface area contributed by atoms with Gasteiger partial charge in [-0.2, -0.15) is 0 Å². The molecule has 0 aliphatic heterocycles. The number of nitrogens with one attached hydrogen (secondary N) is 1. The Kier molecular flexibility index (Phi) is 5.46. The summed E-state index contributed by atoms with van der Waals surface area (Å²) in [5.41, 5.74) is 0.274. The zero-order valence-electron chi connectivity index (χ0n) is 11.0. The highest BCUT2D eigenvalue weighted by atomic mass is 16.5. The van der Waals surface area contributed by atoms with Crippen molar-refractivity contribution in [2.24, 2.45) is 0 Å². The van der Waals surface area contributed by atoms with E-state index in [9.17, 15) is 14.4 Å². The van der Waals surface area contributed by atoms with Crippen molar-refractivity contribution >= 4 is 17.8 Å². The van der Waals surface area contributed by atoms with E-state index >= 15 is 0 Å². The smallest absolute Gasteiger partial charge is 0.326 e. The third kappa shape index (κ3) is 4.56. The summed E-state index contributed by atoms with van der Waals surface area (Å²) in [5, 5.41) is 11.3. The molecule has 6 nitrogen and oxygen atoms in total. The van der Waals surface area contributed by atoms with E-state index in [-0.39, 0.29) is 12.0 Å².